The first-order chi connectivity index (χ1) is 6.63. The van der Waals surface area contributed by atoms with Crippen molar-refractivity contribution in [1.29, 1.82) is 0 Å². The Morgan fingerprint density at radius 2 is 1.21 bits per heavy atom. The Morgan fingerprint density at radius 3 is 1.50 bits per heavy atom. The van der Waals surface area contributed by atoms with Crippen LogP contribution in [-0.4, -0.2) is 48.6 Å². The summed E-state index contributed by atoms with van der Waals surface area (Å²) in [5, 5.41) is 16.4. The molecule has 0 aromatic heterocycles. The molecule has 0 bridgehead atoms. The number of carboxylic acid groups (broad SMARTS) is 2. The first-order valence-electron chi connectivity index (χ1n) is 4.22. The third-order valence-electron chi connectivity index (χ3n) is 1.28. The van der Waals surface area contributed by atoms with Crippen LogP contribution < -0.4 is 0 Å². The van der Waals surface area contributed by atoms with E-state index in [0.717, 1.165) is 0 Å². The lowest BCUT2D eigenvalue weighted by Crippen LogP contribution is -2.10. The Labute approximate surface area is 81.4 Å². The first-order valence-corrected chi connectivity index (χ1v) is 4.22. The molecule has 6 heteroatoms. The molecule has 0 spiro atoms. The van der Waals surface area contributed by atoms with Gasteiger partial charge in [-0.1, -0.05) is 0 Å². The number of aliphatic carboxylic acids is 2. The van der Waals surface area contributed by atoms with Crippen LogP contribution >= 0.6 is 0 Å². The van der Waals surface area contributed by atoms with Gasteiger partial charge in [0.05, 0.1) is 0 Å². The fraction of sp³-hybridized carbons (Fsp3) is 0.750. The van der Waals surface area contributed by atoms with E-state index in [4.69, 9.17) is 19.7 Å². The fourth-order valence-corrected chi connectivity index (χ4v) is 0.727. The van der Waals surface area contributed by atoms with E-state index in [-0.39, 0.29) is 13.2 Å². The lowest BCUT2D eigenvalue weighted by atomic mass is 10.3. The average Bonchev–Trinajstić information content (AvgIpc) is 2.08. The zero-order valence-electron chi connectivity index (χ0n) is 7.77. The van der Waals surface area contributed by atoms with Crippen LogP contribution in [0.4, 0.5) is 0 Å². The average molecular weight is 206 g/mol. The van der Waals surface area contributed by atoms with Crippen LogP contribution in [0, 0.1) is 0 Å². The summed E-state index contributed by atoms with van der Waals surface area (Å²) >= 11 is 0. The Balaban J connectivity index is 2.99. The fourth-order valence-electron chi connectivity index (χ4n) is 0.727. The monoisotopic (exact) mass is 206 g/mol. The molecule has 0 atom stereocenters. The quantitative estimate of drug-likeness (QED) is 0.514. The second kappa shape index (κ2) is 8.46. The third kappa shape index (κ3) is 10.9. The van der Waals surface area contributed by atoms with Crippen LogP contribution in [0.2, 0.25) is 0 Å². The lowest BCUT2D eigenvalue weighted by Gasteiger charge is -2.01. The number of hydrogen-bond acceptors (Lipinski definition) is 4. The summed E-state index contributed by atoms with van der Waals surface area (Å²) in [4.78, 5) is 20.0. The van der Waals surface area contributed by atoms with Crippen LogP contribution in [0.1, 0.15) is 12.8 Å². The molecule has 6 nitrogen and oxygen atoms in total. The Kier molecular flexibility index (Phi) is 7.77. The highest BCUT2D eigenvalue weighted by Gasteiger charge is 1.97. The van der Waals surface area contributed by atoms with Gasteiger partial charge in [-0.3, -0.25) is 0 Å². The first kappa shape index (κ1) is 12.9. The number of hydrogen-bond donors (Lipinski definition) is 2. The van der Waals surface area contributed by atoms with Crippen LogP contribution in [0.15, 0.2) is 0 Å². The van der Waals surface area contributed by atoms with Gasteiger partial charge < -0.3 is 19.7 Å². The van der Waals surface area contributed by atoms with E-state index in [1.807, 2.05) is 0 Å². The van der Waals surface area contributed by atoms with Gasteiger partial charge in [0.1, 0.15) is 13.2 Å². The molecule has 0 heterocycles. The van der Waals surface area contributed by atoms with E-state index < -0.39 is 11.9 Å². The maximum absolute atomic E-state index is 9.99. The van der Waals surface area contributed by atoms with Gasteiger partial charge in [0.2, 0.25) is 0 Å². The molecule has 0 saturated heterocycles. The van der Waals surface area contributed by atoms with Crippen molar-refractivity contribution in [1.82, 2.24) is 0 Å². The lowest BCUT2D eigenvalue weighted by molar-refractivity contribution is -0.143. The summed E-state index contributed by atoms with van der Waals surface area (Å²) in [6, 6.07) is 0. The maximum Gasteiger partial charge on any atom is 0.329 e. The third-order valence-corrected chi connectivity index (χ3v) is 1.28. The number of carboxylic acids is 2. The van der Waals surface area contributed by atoms with Gasteiger partial charge in [0, 0.05) is 13.2 Å². The van der Waals surface area contributed by atoms with Gasteiger partial charge in [0.15, 0.2) is 0 Å². The molecule has 0 aliphatic carbocycles. The Bertz CT molecular complexity index is 159. The van der Waals surface area contributed by atoms with Crippen molar-refractivity contribution >= 4 is 11.9 Å². The van der Waals surface area contributed by atoms with Crippen molar-refractivity contribution in [2.45, 2.75) is 12.8 Å². The predicted molar refractivity (Wildman–Crippen MR) is 46.1 cm³/mol. The van der Waals surface area contributed by atoms with E-state index in [9.17, 15) is 9.59 Å². The number of rotatable bonds is 9. The smallest absolute Gasteiger partial charge is 0.329 e. The number of ether oxygens (including phenoxy) is 2. The summed E-state index contributed by atoms with van der Waals surface area (Å²) in [6.45, 7) is 0.109. The zero-order valence-corrected chi connectivity index (χ0v) is 7.77. The minimum Gasteiger partial charge on any atom is -0.480 e. The van der Waals surface area contributed by atoms with Crippen LogP contribution in [0.3, 0.4) is 0 Å². The van der Waals surface area contributed by atoms with Crippen molar-refractivity contribution in [2.75, 3.05) is 26.4 Å². The van der Waals surface area contributed by atoms with Gasteiger partial charge >= 0.3 is 11.9 Å². The molecule has 0 rings (SSSR count). The van der Waals surface area contributed by atoms with Crippen molar-refractivity contribution in [3.63, 3.8) is 0 Å². The molecular weight excluding hydrogens is 192 g/mol. The standard InChI is InChI=1S/C8H14O6/c9-7(10)5-13-3-1-2-4-14-6-8(11)12/h1-6H2,(H,9,10)(H,11,12). The van der Waals surface area contributed by atoms with E-state index in [0.29, 0.717) is 26.1 Å². The molecule has 0 aliphatic rings. The van der Waals surface area contributed by atoms with Gasteiger partial charge in [-0.25, -0.2) is 9.59 Å². The van der Waals surface area contributed by atoms with Crippen molar-refractivity contribution in [2.24, 2.45) is 0 Å². The highest BCUT2D eigenvalue weighted by atomic mass is 16.5. The van der Waals surface area contributed by atoms with Crippen molar-refractivity contribution in [3.05, 3.63) is 0 Å². The minimum absolute atomic E-state index is 0.296. The SMILES string of the molecule is O=C(O)COCCCCOCC(=O)O. The highest BCUT2D eigenvalue weighted by molar-refractivity contribution is 5.68. The van der Waals surface area contributed by atoms with Crippen molar-refractivity contribution in [3.8, 4) is 0 Å². The molecule has 0 fully saturated rings. The molecule has 2 N–H and O–H groups in total. The summed E-state index contributed by atoms with van der Waals surface area (Å²) < 4.78 is 9.50. The van der Waals surface area contributed by atoms with Crippen LogP contribution in [0.5, 0.6) is 0 Å². The van der Waals surface area contributed by atoms with Gasteiger partial charge in [-0.15, -0.1) is 0 Å². The Morgan fingerprint density at radius 1 is 0.857 bits per heavy atom. The second-order valence-corrected chi connectivity index (χ2v) is 2.60. The van der Waals surface area contributed by atoms with Gasteiger partial charge in [-0.05, 0) is 12.8 Å². The summed E-state index contributed by atoms with van der Waals surface area (Å²) in [5.41, 5.74) is 0. The topological polar surface area (TPSA) is 93.1 Å². The molecule has 0 unspecified atom stereocenters. The summed E-state index contributed by atoms with van der Waals surface area (Å²) in [7, 11) is 0. The molecule has 0 aromatic carbocycles. The minimum atomic E-state index is -0.993. The normalized spacial score (nSPS) is 10.0. The van der Waals surface area contributed by atoms with Crippen LogP contribution in [-0.2, 0) is 19.1 Å². The maximum atomic E-state index is 9.99. The largest absolute Gasteiger partial charge is 0.480 e. The highest BCUT2D eigenvalue weighted by Crippen LogP contribution is 1.91. The van der Waals surface area contributed by atoms with E-state index in [1.54, 1.807) is 0 Å². The predicted octanol–water partition coefficient (Wildman–Crippen LogP) is -0.0310. The van der Waals surface area contributed by atoms with E-state index in [1.165, 1.54) is 0 Å². The second-order valence-electron chi connectivity index (χ2n) is 2.60. The molecular formula is C8H14O6. The number of carbonyl (C=O) groups is 2. The molecule has 0 saturated carbocycles. The van der Waals surface area contributed by atoms with E-state index >= 15 is 0 Å². The molecule has 0 amide bonds. The van der Waals surface area contributed by atoms with E-state index in [2.05, 4.69) is 0 Å². The number of unbranched alkanes of at least 4 members (excludes halogenated alkanes) is 1. The molecule has 0 radical (unpaired) electrons. The molecule has 82 valence electrons. The van der Waals surface area contributed by atoms with Crippen molar-refractivity contribution < 1.29 is 29.3 Å². The zero-order chi connectivity index (χ0) is 10.8. The molecule has 14 heavy (non-hydrogen) atoms. The van der Waals surface area contributed by atoms with Gasteiger partial charge in [0.25, 0.3) is 0 Å². The summed E-state index contributed by atoms with van der Waals surface area (Å²) in [6.07, 6.45) is 1.32. The molecule has 0 aromatic rings. The Hall–Kier alpha value is -1.14. The summed E-state index contributed by atoms with van der Waals surface area (Å²) in [5.74, 6) is -1.99. The van der Waals surface area contributed by atoms with Crippen LogP contribution in [0.25, 0.3) is 0 Å². The van der Waals surface area contributed by atoms with Gasteiger partial charge in [-0.2, -0.15) is 0 Å². The molecule has 0 aliphatic heterocycles.